The van der Waals surface area contributed by atoms with Gasteiger partial charge in [0.05, 0.1) is 13.1 Å². The molecule has 5 heteroatoms. The van der Waals surface area contributed by atoms with Crippen LogP contribution in [0.1, 0.15) is 18.4 Å². The van der Waals surface area contributed by atoms with E-state index in [1.54, 1.807) is 4.90 Å². The van der Waals surface area contributed by atoms with Gasteiger partial charge in [0, 0.05) is 19.6 Å². The molecule has 110 valence electrons. The Balaban J connectivity index is 1.94. The van der Waals surface area contributed by atoms with Crippen molar-refractivity contribution in [1.29, 1.82) is 0 Å². The molecule has 0 bridgehead atoms. The Morgan fingerprint density at radius 1 is 1.20 bits per heavy atom. The van der Waals surface area contributed by atoms with Crippen LogP contribution >= 0.6 is 0 Å². The number of amides is 1. The van der Waals surface area contributed by atoms with Crippen LogP contribution in [0.25, 0.3) is 0 Å². The maximum absolute atomic E-state index is 12.6. The summed E-state index contributed by atoms with van der Waals surface area (Å²) >= 11 is 0. The fourth-order valence-electron chi connectivity index (χ4n) is 2.48. The molecule has 0 aromatic heterocycles. The van der Waals surface area contributed by atoms with Gasteiger partial charge in [0.25, 0.3) is 6.43 Å². The molecule has 0 atom stereocenters. The fraction of sp³-hybridized carbons (Fsp3) is 0.533. The average Bonchev–Trinajstić information content (AvgIpc) is 2.93. The second-order valence-electron chi connectivity index (χ2n) is 5.13. The molecule has 0 saturated carbocycles. The molecule has 0 aliphatic carbocycles. The number of hydrogen-bond acceptors (Lipinski definition) is 2. The van der Waals surface area contributed by atoms with Gasteiger partial charge in [-0.05, 0) is 18.4 Å². The van der Waals surface area contributed by atoms with Gasteiger partial charge in [0.1, 0.15) is 0 Å². The summed E-state index contributed by atoms with van der Waals surface area (Å²) in [6, 6.07) is 9.41. The Morgan fingerprint density at radius 3 is 2.45 bits per heavy atom. The van der Waals surface area contributed by atoms with Crippen LogP contribution < -0.4 is 0 Å². The second kappa shape index (κ2) is 7.33. The molecule has 1 saturated heterocycles. The van der Waals surface area contributed by atoms with Crippen molar-refractivity contribution in [2.24, 2.45) is 0 Å². The third kappa shape index (κ3) is 4.56. The van der Waals surface area contributed by atoms with E-state index >= 15 is 0 Å². The highest BCUT2D eigenvalue weighted by Crippen LogP contribution is 2.11. The number of nitrogens with zero attached hydrogens (tertiary/aromatic N) is 2. The van der Waals surface area contributed by atoms with E-state index in [1.165, 1.54) is 4.90 Å². The molecule has 1 amide bonds. The molecular formula is C15H20F2N2O. The summed E-state index contributed by atoms with van der Waals surface area (Å²) in [5, 5.41) is 0. The van der Waals surface area contributed by atoms with E-state index in [0.29, 0.717) is 6.54 Å². The van der Waals surface area contributed by atoms with Crippen LogP contribution in [0.3, 0.4) is 0 Å². The quantitative estimate of drug-likeness (QED) is 0.800. The first kappa shape index (κ1) is 14.9. The highest BCUT2D eigenvalue weighted by molar-refractivity contribution is 5.78. The van der Waals surface area contributed by atoms with Crippen molar-refractivity contribution in [3.05, 3.63) is 35.9 Å². The Morgan fingerprint density at radius 2 is 1.85 bits per heavy atom. The zero-order chi connectivity index (χ0) is 14.4. The molecule has 0 radical (unpaired) electrons. The van der Waals surface area contributed by atoms with E-state index in [1.807, 2.05) is 30.3 Å². The summed E-state index contributed by atoms with van der Waals surface area (Å²) in [7, 11) is 0. The molecule has 0 unspecified atom stereocenters. The first-order valence-electron chi connectivity index (χ1n) is 6.97. The summed E-state index contributed by atoms with van der Waals surface area (Å²) < 4.78 is 25.3. The van der Waals surface area contributed by atoms with Crippen LogP contribution in [0.2, 0.25) is 0 Å². The summed E-state index contributed by atoms with van der Waals surface area (Å²) in [6.07, 6.45) is -0.400. The number of likely N-dealkylation sites (tertiary alicyclic amines) is 1. The van der Waals surface area contributed by atoms with Crippen LogP contribution in [0, 0.1) is 0 Å². The van der Waals surface area contributed by atoms with E-state index in [9.17, 15) is 13.6 Å². The second-order valence-corrected chi connectivity index (χ2v) is 5.13. The maximum Gasteiger partial charge on any atom is 0.251 e. The monoisotopic (exact) mass is 282 g/mol. The van der Waals surface area contributed by atoms with Gasteiger partial charge in [-0.2, -0.15) is 0 Å². The first-order chi connectivity index (χ1) is 9.65. The summed E-state index contributed by atoms with van der Waals surface area (Å²) in [5.74, 6) is -0.0425. The molecule has 0 N–H and O–H groups in total. The average molecular weight is 282 g/mol. The first-order valence-corrected chi connectivity index (χ1v) is 6.97. The Bertz CT molecular complexity index is 419. The number of rotatable bonds is 6. The minimum Gasteiger partial charge on any atom is -0.342 e. The summed E-state index contributed by atoms with van der Waals surface area (Å²) in [4.78, 5) is 15.4. The Hall–Kier alpha value is -1.49. The minimum absolute atomic E-state index is 0.0425. The lowest BCUT2D eigenvalue weighted by atomic mass is 10.2. The van der Waals surface area contributed by atoms with Gasteiger partial charge >= 0.3 is 0 Å². The molecule has 1 aliphatic rings. The summed E-state index contributed by atoms with van der Waals surface area (Å²) in [6.45, 7) is 1.60. The lowest BCUT2D eigenvalue weighted by Crippen LogP contribution is -2.40. The van der Waals surface area contributed by atoms with E-state index in [-0.39, 0.29) is 19.0 Å². The van der Waals surface area contributed by atoms with Gasteiger partial charge in [-0.3, -0.25) is 9.69 Å². The van der Waals surface area contributed by atoms with Crippen molar-refractivity contribution in [2.75, 3.05) is 26.2 Å². The van der Waals surface area contributed by atoms with E-state index in [0.717, 1.165) is 31.5 Å². The molecule has 1 fully saturated rings. The van der Waals surface area contributed by atoms with E-state index in [2.05, 4.69) is 0 Å². The third-order valence-electron chi connectivity index (χ3n) is 3.46. The maximum atomic E-state index is 12.6. The predicted octanol–water partition coefficient (Wildman–Crippen LogP) is 2.38. The van der Waals surface area contributed by atoms with Crippen LogP contribution in [0.4, 0.5) is 8.78 Å². The molecule has 3 nitrogen and oxygen atoms in total. The van der Waals surface area contributed by atoms with Crippen molar-refractivity contribution in [2.45, 2.75) is 25.8 Å². The summed E-state index contributed by atoms with van der Waals surface area (Å²) in [5.41, 5.74) is 0.947. The highest BCUT2D eigenvalue weighted by atomic mass is 19.3. The minimum atomic E-state index is -2.43. The Kier molecular flexibility index (Phi) is 5.47. The topological polar surface area (TPSA) is 23.6 Å². The van der Waals surface area contributed by atoms with Crippen molar-refractivity contribution >= 4 is 5.91 Å². The zero-order valence-corrected chi connectivity index (χ0v) is 11.5. The van der Waals surface area contributed by atoms with E-state index in [4.69, 9.17) is 0 Å². The number of alkyl halides is 2. The molecule has 1 aromatic carbocycles. The molecule has 1 aromatic rings. The number of benzene rings is 1. The fourth-order valence-corrected chi connectivity index (χ4v) is 2.48. The normalized spacial score (nSPS) is 15.3. The Labute approximate surface area is 118 Å². The predicted molar refractivity (Wildman–Crippen MR) is 73.5 cm³/mol. The lowest BCUT2D eigenvalue weighted by molar-refractivity contribution is -0.131. The van der Waals surface area contributed by atoms with Crippen molar-refractivity contribution in [1.82, 2.24) is 9.80 Å². The number of carbonyl (C=O) groups excluding carboxylic acids is 1. The highest BCUT2D eigenvalue weighted by Gasteiger charge is 2.22. The van der Waals surface area contributed by atoms with Crippen molar-refractivity contribution < 1.29 is 13.6 Å². The zero-order valence-electron chi connectivity index (χ0n) is 11.5. The van der Waals surface area contributed by atoms with Crippen LogP contribution in [-0.2, 0) is 11.3 Å². The number of halogens is 2. The van der Waals surface area contributed by atoms with Crippen molar-refractivity contribution in [3.63, 3.8) is 0 Å². The number of carbonyl (C=O) groups is 1. The van der Waals surface area contributed by atoms with Gasteiger partial charge in [-0.1, -0.05) is 30.3 Å². The van der Waals surface area contributed by atoms with Gasteiger partial charge in [0.2, 0.25) is 5.91 Å². The van der Waals surface area contributed by atoms with Gasteiger partial charge in [-0.25, -0.2) is 8.78 Å². The van der Waals surface area contributed by atoms with E-state index < -0.39 is 6.43 Å². The van der Waals surface area contributed by atoms with Gasteiger partial charge in [0.15, 0.2) is 0 Å². The van der Waals surface area contributed by atoms with Crippen LogP contribution in [0.5, 0.6) is 0 Å². The standard InChI is InChI=1S/C15H20F2N2O/c16-14(17)11-18(10-13-6-2-1-3-7-13)12-15(20)19-8-4-5-9-19/h1-3,6-7,14H,4-5,8-12H2. The van der Waals surface area contributed by atoms with Crippen molar-refractivity contribution in [3.8, 4) is 0 Å². The lowest BCUT2D eigenvalue weighted by Gasteiger charge is -2.24. The van der Waals surface area contributed by atoms with Gasteiger partial charge in [-0.15, -0.1) is 0 Å². The molecular weight excluding hydrogens is 262 g/mol. The van der Waals surface area contributed by atoms with Gasteiger partial charge < -0.3 is 4.90 Å². The molecule has 2 rings (SSSR count). The molecule has 1 aliphatic heterocycles. The number of hydrogen-bond donors (Lipinski definition) is 0. The largest absolute Gasteiger partial charge is 0.342 e. The SMILES string of the molecule is O=C(CN(Cc1ccccc1)CC(F)F)N1CCCC1. The third-order valence-corrected chi connectivity index (χ3v) is 3.46. The molecule has 20 heavy (non-hydrogen) atoms. The van der Waals surface area contributed by atoms with Crippen LogP contribution in [-0.4, -0.2) is 48.3 Å². The molecule has 0 spiro atoms. The molecule has 1 heterocycles. The smallest absolute Gasteiger partial charge is 0.251 e. The van der Waals surface area contributed by atoms with Crippen LogP contribution in [0.15, 0.2) is 30.3 Å².